The molecule has 2 aromatic carbocycles. The maximum atomic E-state index is 12.2. The van der Waals surface area contributed by atoms with Crippen LogP contribution in [-0.4, -0.2) is 27.1 Å². The van der Waals surface area contributed by atoms with Crippen LogP contribution < -0.4 is 9.62 Å². The van der Waals surface area contributed by atoms with E-state index in [9.17, 15) is 13.2 Å². The molecule has 2 aromatic rings. The molecule has 0 aliphatic heterocycles. The highest BCUT2D eigenvalue weighted by Gasteiger charge is 2.18. The van der Waals surface area contributed by atoms with Crippen molar-refractivity contribution in [2.45, 2.75) is 13.3 Å². The standard InChI is InChI=1S/C18H19N3O3S/c1-14-7-9-16(10-8-14)21(25(2,23)24)12-11-18(22)20-17-6-4-3-5-15(17)13-19/h3-10H,11-12H2,1-2H3,(H,20,22). The van der Waals surface area contributed by atoms with Gasteiger partial charge in [0.05, 0.1) is 23.2 Å². The molecular formula is C18H19N3O3S. The average molecular weight is 357 g/mol. The van der Waals surface area contributed by atoms with Crippen LogP contribution in [0, 0.1) is 18.3 Å². The van der Waals surface area contributed by atoms with Crippen molar-refractivity contribution in [2.24, 2.45) is 0 Å². The molecule has 0 aliphatic carbocycles. The maximum Gasteiger partial charge on any atom is 0.232 e. The second-order valence-electron chi connectivity index (χ2n) is 5.63. The van der Waals surface area contributed by atoms with E-state index in [1.807, 2.05) is 25.1 Å². The van der Waals surface area contributed by atoms with E-state index in [4.69, 9.17) is 5.26 Å². The van der Waals surface area contributed by atoms with E-state index in [2.05, 4.69) is 5.32 Å². The van der Waals surface area contributed by atoms with Gasteiger partial charge in [-0.25, -0.2) is 8.42 Å². The van der Waals surface area contributed by atoms with Gasteiger partial charge in [-0.15, -0.1) is 0 Å². The lowest BCUT2D eigenvalue weighted by molar-refractivity contribution is -0.116. The van der Waals surface area contributed by atoms with Gasteiger partial charge in [0.2, 0.25) is 15.9 Å². The summed E-state index contributed by atoms with van der Waals surface area (Å²) in [4.78, 5) is 12.2. The fourth-order valence-electron chi connectivity index (χ4n) is 2.30. The van der Waals surface area contributed by atoms with Gasteiger partial charge in [-0.3, -0.25) is 9.10 Å². The molecule has 7 heteroatoms. The predicted octanol–water partition coefficient (Wildman–Crippen LogP) is 2.66. The number of nitrogens with zero attached hydrogens (tertiary/aromatic N) is 2. The Bertz CT molecular complexity index is 900. The molecule has 0 saturated heterocycles. The summed E-state index contributed by atoms with van der Waals surface area (Å²) in [6.45, 7) is 1.93. The zero-order chi connectivity index (χ0) is 18.4. The van der Waals surface area contributed by atoms with E-state index in [1.54, 1.807) is 36.4 Å². The third-order valence-corrected chi connectivity index (χ3v) is 4.78. The van der Waals surface area contributed by atoms with Crippen LogP contribution in [0.3, 0.4) is 0 Å². The lowest BCUT2D eigenvalue weighted by Gasteiger charge is -2.22. The monoisotopic (exact) mass is 357 g/mol. The third kappa shape index (κ3) is 5.06. The lowest BCUT2D eigenvalue weighted by Crippen LogP contribution is -2.33. The van der Waals surface area contributed by atoms with Crippen LogP contribution in [0.4, 0.5) is 11.4 Å². The number of carbonyl (C=O) groups is 1. The molecule has 130 valence electrons. The van der Waals surface area contributed by atoms with Gasteiger partial charge in [0.1, 0.15) is 6.07 Å². The van der Waals surface area contributed by atoms with Crippen molar-refractivity contribution >= 4 is 27.3 Å². The summed E-state index contributed by atoms with van der Waals surface area (Å²) >= 11 is 0. The van der Waals surface area contributed by atoms with Gasteiger partial charge >= 0.3 is 0 Å². The Balaban J connectivity index is 2.09. The molecule has 6 nitrogen and oxygen atoms in total. The number of carbonyl (C=O) groups excluding carboxylic acids is 1. The van der Waals surface area contributed by atoms with Crippen molar-refractivity contribution in [2.75, 3.05) is 22.4 Å². The van der Waals surface area contributed by atoms with E-state index in [-0.39, 0.29) is 18.9 Å². The zero-order valence-corrected chi connectivity index (χ0v) is 14.9. The van der Waals surface area contributed by atoms with Crippen LogP contribution in [0.15, 0.2) is 48.5 Å². The van der Waals surface area contributed by atoms with Crippen LogP contribution in [-0.2, 0) is 14.8 Å². The number of nitrogens with one attached hydrogen (secondary N) is 1. The van der Waals surface area contributed by atoms with Crippen LogP contribution in [0.25, 0.3) is 0 Å². The van der Waals surface area contributed by atoms with Crippen molar-refractivity contribution in [3.63, 3.8) is 0 Å². The highest BCUT2D eigenvalue weighted by Crippen LogP contribution is 2.19. The summed E-state index contributed by atoms with van der Waals surface area (Å²) in [7, 11) is -3.51. The van der Waals surface area contributed by atoms with Crippen LogP contribution in [0.2, 0.25) is 0 Å². The van der Waals surface area contributed by atoms with Crippen molar-refractivity contribution in [1.82, 2.24) is 0 Å². The summed E-state index contributed by atoms with van der Waals surface area (Å²) in [6, 6.07) is 15.7. The van der Waals surface area contributed by atoms with Gasteiger partial charge in [0.25, 0.3) is 0 Å². The molecule has 0 aromatic heterocycles. The molecule has 0 fully saturated rings. The van der Waals surface area contributed by atoms with Gasteiger partial charge in [-0.1, -0.05) is 29.8 Å². The van der Waals surface area contributed by atoms with Gasteiger partial charge < -0.3 is 5.32 Å². The minimum absolute atomic E-state index is 0.0163. The molecule has 0 spiro atoms. The number of hydrogen-bond donors (Lipinski definition) is 1. The molecule has 0 aliphatic rings. The van der Waals surface area contributed by atoms with Crippen molar-refractivity contribution in [3.05, 3.63) is 59.7 Å². The number of aryl methyl sites for hydroxylation is 1. The van der Waals surface area contributed by atoms with Crippen LogP contribution in [0.5, 0.6) is 0 Å². The number of rotatable bonds is 6. The first-order valence-electron chi connectivity index (χ1n) is 7.64. The normalized spacial score (nSPS) is 10.8. The Morgan fingerprint density at radius 3 is 2.40 bits per heavy atom. The van der Waals surface area contributed by atoms with Gasteiger partial charge in [-0.2, -0.15) is 5.26 Å². The minimum Gasteiger partial charge on any atom is -0.325 e. The second-order valence-corrected chi connectivity index (χ2v) is 7.53. The largest absolute Gasteiger partial charge is 0.325 e. The van der Waals surface area contributed by atoms with E-state index in [0.29, 0.717) is 16.9 Å². The van der Waals surface area contributed by atoms with Gasteiger partial charge in [-0.05, 0) is 31.2 Å². The molecule has 2 rings (SSSR count). The number of hydrogen-bond acceptors (Lipinski definition) is 4. The van der Waals surface area contributed by atoms with Gasteiger partial charge in [0.15, 0.2) is 0 Å². The molecule has 0 radical (unpaired) electrons. The van der Waals surface area contributed by atoms with Gasteiger partial charge in [0, 0.05) is 13.0 Å². The van der Waals surface area contributed by atoms with E-state index < -0.39 is 10.0 Å². The summed E-state index contributed by atoms with van der Waals surface area (Å²) in [5.74, 6) is -0.358. The summed E-state index contributed by atoms with van der Waals surface area (Å²) in [6.07, 6.45) is 1.08. The molecule has 1 amide bonds. The maximum absolute atomic E-state index is 12.2. The number of nitriles is 1. The summed E-state index contributed by atoms with van der Waals surface area (Å²) < 4.78 is 25.3. The topological polar surface area (TPSA) is 90.3 Å². The number of benzene rings is 2. The Morgan fingerprint density at radius 2 is 1.80 bits per heavy atom. The first-order chi connectivity index (χ1) is 11.8. The Kier molecular flexibility index (Phi) is 5.78. The van der Waals surface area contributed by atoms with E-state index >= 15 is 0 Å². The molecule has 0 atom stereocenters. The van der Waals surface area contributed by atoms with E-state index in [0.717, 1.165) is 11.8 Å². The van der Waals surface area contributed by atoms with Crippen molar-refractivity contribution in [3.8, 4) is 6.07 Å². The molecule has 0 saturated carbocycles. The minimum atomic E-state index is -3.51. The fourth-order valence-corrected chi connectivity index (χ4v) is 3.23. The summed E-state index contributed by atoms with van der Waals surface area (Å²) in [5, 5.41) is 11.7. The predicted molar refractivity (Wildman–Crippen MR) is 97.8 cm³/mol. The smallest absolute Gasteiger partial charge is 0.232 e. The zero-order valence-electron chi connectivity index (χ0n) is 14.1. The SMILES string of the molecule is Cc1ccc(N(CCC(=O)Nc2ccccc2C#N)S(C)(=O)=O)cc1. The molecule has 0 unspecified atom stereocenters. The van der Waals surface area contributed by atoms with Crippen molar-refractivity contribution < 1.29 is 13.2 Å². The Hall–Kier alpha value is -2.85. The average Bonchev–Trinajstić information content (AvgIpc) is 2.56. The Morgan fingerprint density at radius 1 is 1.16 bits per heavy atom. The first-order valence-corrected chi connectivity index (χ1v) is 9.49. The van der Waals surface area contributed by atoms with Crippen LogP contribution >= 0.6 is 0 Å². The molecule has 1 N–H and O–H groups in total. The molecule has 25 heavy (non-hydrogen) atoms. The number of anilines is 2. The Labute approximate surface area is 147 Å². The van der Waals surface area contributed by atoms with Crippen LogP contribution in [0.1, 0.15) is 17.5 Å². The molecule has 0 bridgehead atoms. The number of amides is 1. The first kappa shape index (κ1) is 18.5. The number of sulfonamides is 1. The highest BCUT2D eigenvalue weighted by atomic mass is 32.2. The second kappa shape index (κ2) is 7.81. The third-order valence-electron chi connectivity index (χ3n) is 3.59. The molecular weight excluding hydrogens is 338 g/mol. The summed E-state index contributed by atoms with van der Waals surface area (Å²) in [5.41, 5.74) is 2.30. The fraction of sp³-hybridized carbons (Fsp3) is 0.222. The lowest BCUT2D eigenvalue weighted by atomic mass is 10.2. The van der Waals surface area contributed by atoms with Crippen molar-refractivity contribution in [1.29, 1.82) is 5.26 Å². The quantitative estimate of drug-likeness (QED) is 0.860. The molecule has 0 heterocycles. The van der Waals surface area contributed by atoms with E-state index in [1.165, 1.54) is 4.31 Å². The highest BCUT2D eigenvalue weighted by molar-refractivity contribution is 7.92. The number of para-hydroxylation sites is 1.